The van der Waals surface area contributed by atoms with E-state index in [0.29, 0.717) is 23.5 Å². The molecule has 7 N–H and O–H groups in total. The van der Waals surface area contributed by atoms with Crippen molar-refractivity contribution in [2.75, 3.05) is 25.9 Å². The maximum atomic E-state index is 10.7. The quantitative estimate of drug-likeness (QED) is 0.180. The molecule has 32 heavy (non-hydrogen) atoms. The standard InChI is InChI=1S/C21H29N7O4/c1-23-8-5-9-24-21(31)17-16(30)15(29)13(32-17)10-28-19(12-6-3-2-4-7-12)27-14-18(22)25-11-26-20(14)28/h2-4,6-7,11,13,15-17,21,23-24,29-31H,5,8-10H2,1H3,(H2,22,25,26)/t13-,15-,16-,17-,21?/m0/s1. The van der Waals surface area contributed by atoms with Crippen molar-refractivity contribution >= 4 is 17.0 Å². The highest BCUT2D eigenvalue weighted by Gasteiger charge is 2.46. The van der Waals surface area contributed by atoms with Crippen LogP contribution in [0.2, 0.25) is 0 Å². The number of ether oxygens (including phenoxy) is 1. The summed E-state index contributed by atoms with van der Waals surface area (Å²) in [5.74, 6) is 0.838. The number of benzene rings is 1. The maximum absolute atomic E-state index is 10.7. The summed E-state index contributed by atoms with van der Waals surface area (Å²) < 4.78 is 7.69. The number of aliphatic hydroxyl groups excluding tert-OH is 3. The van der Waals surface area contributed by atoms with Gasteiger partial charge in [-0.15, -0.1) is 0 Å². The van der Waals surface area contributed by atoms with Crippen LogP contribution < -0.4 is 16.4 Å². The van der Waals surface area contributed by atoms with Gasteiger partial charge in [0.05, 0.1) is 6.54 Å². The third kappa shape index (κ3) is 4.44. The van der Waals surface area contributed by atoms with Gasteiger partial charge in [-0.05, 0) is 26.6 Å². The highest BCUT2D eigenvalue weighted by atomic mass is 16.6. The van der Waals surface area contributed by atoms with Crippen molar-refractivity contribution in [3.8, 4) is 11.4 Å². The van der Waals surface area contributed by atoms with E-state index in [1.54, 1.807) is 4.57 Å². The first kappa shape index (κ1) is 22.5. The Morgan fingerprint density at radius 2 is 1.94 bits per heavy atom. The fourth-order valence-corrected chi connectivity index (χ4v) is 3.94. The molecule has 0 aliphatic carbocycles. The number of aliphatic hydroxyl groups is 3. The molecule has 1 aromatic carbocycles. The number of hydrogen-bond donors (Lipinski definition) is 6. The lowest BCUT2D eigenvalue weighted by Crippen LogP contribution is -2.47. The minimum absolute atomic E-state index is 0.151. The third-order valence-corrected chi connectivity index (χ3v) is 5.62. The molecule has 0 bridgehead atoms. The molecule has 5 atom stereocenters. The van der Waals surface area contributed by atoms with Crippen molar-refractivity contribution in [1.82, 2.24) is 30.2 Å². The van der Waals surface area contributed by atoms with Gasteiger partial charge in [-0.25, -0.2) is 15.0 Å². The van der Waals surface area contributed by atoms with Gasteiger partial charge in [-0.2, -0.15) is 0 Å². The van der Waals surface area contributed by atoms with Crippen molar-refractivity contribution in [2.45, 2.75) is 43.6 Å². The van der Waals surface area contributed by atoms with Crippen molar-refractivity contribution < 1.29 is 20.1 Å². The Hall–Kier alpha value is -2.67. The number of nitrogens with two attached hydrogens (primary N) is 1. The summed E-state index contributed by atoms with van der Waals surface area (Å²) in [5, 5.41) is 37.6. The Labute approximate surface area is 185 Å². The predicted molar refractivity (Wildman–Crippen MR) is 118 cm³/mol. The van der Waals surface area contributed by atoms with Gasteiger partial charge in [-0.3, -0.25) is 5.32 Å². The largest absolute Gasteiger partial charge is 0.388 e. The Morgan fingerprint density at radius 1 is 1.16 bits per heavy atom. The lowest BCUT2D eigenvalue weighted by molar-refractivity contribution is -0.0792. The molecule has 4 rings (SSSR count). The van der Waals surface area contributed by atoms with Crippen LogP contribution >= 0.6 is 0 Å². The van der Waals surface area contributed by atoms with E-state index in [4.69, 9.17) is 10.5 Å². The van der Waals surface area contributed by atoms with E-state index in [0.717, 1.165) is 18.5 Å². The van der Waals surface area contributed by atoms with Gasteiger partial charge in [0.2, 0.25) is 0 Å². The molecule has 1 saturated heterocycles. The third-order valence-electron chi connectivity index (χ3n) is 5.62. The second-order valence-corrected chi connectivity index (χ2v) is 7.82. The average molecular weight is 444 g/mol. The van der Waals surface area contributed by atoms with Gasteiger partial charge in [0.1, 0.15) is 42.8 Å². The molecule has 2 aromatic heterocycles. The number of fused-ring (bicyclic) bond motifs is 1. The number of nitrogen functional groups attached to an aromatic ring is 1. The van der Waals surface area contributed by atoms with Crippen molar-refractivity contribution in [2.24, 2.45) is 0 Å². The molecule has 3 heterocycles. The molecule has 1 aliphatic heterocycles. The normalized spacial score (nSPS) is 24.2. The number of rotatable bonds is 9. The van der Waals surface area contributed by atoms with Crippen LogP contribution in [0.5, 0.6) is 0 Å². The molecule has 1 unspecified atom stereocenters. The Bertz CT molecular complexity index is 1030. The predicted octanol–water partition coefficient (Wildman–Crippen LogP) is -0.918. The topological polar surface area (TPSA) is 164 Å². The fourth-order valence-electron chi connectivity index (χ4n) is 3.94. The molecule has 1 aliphatic rings. The number of hydrogen-bond acceptors (Lipinski definition) is 10. The van der Waals surface area contributed by atoms with Crippen molar-refractivity contribution in [1.29, 1.82) is 0 Å². The molecular weight excluding hydrogens is 414 g/mol. The van der Waals surface area contributed by atoms with Gasteiger partial charge in [0.15, 0.2) is 17.0 Å². The van der Waals surface area contributed by atoms with E-state index in [9.17, 15) is 15.3 Å². The van der Waals surface area contributed by atoms with Gasteiger partial charge in [0, 0.05) is 5.56 Å². The highest BCUT2D eigenvalue weighted by Crippen LogP contribution is 2.30. The second kappa shape index (κ2) is 9.86. The number of aromatic nitrogens is 4. The van der Waals surface area contributed by atoms with Crippen LogP contribution in [0.25, 0.3) is 22.6 Å². The summed E-state index contributed by atoms with van der Waals surface area (Å²) in [6, 6.07) is 9.50. The number of nitrogens with zero attached hydrogens (tertiary/aromatic N) is 4. The van der Waals surface area contributed by atoms with Crippen LogP contribution in [0.15, 0.2) is 36.7 Å². The smallest absolute Gasteiger partial charge is 0.166 e. The minimum atomic E-state index is -1.25. The monoisotopic (exact) mass is 443 g/mol. The minimum Gasteiger partial charge on any atom is -0.388 e. The molecule has 0 spiro atoms. The van der Waals surface area contributed by atoms with E-state index in [2.05, 4.69) is 25.6 Å². The first-order chi connectivity index (χ1) is 15.5. The van der Waals surface area contributed by atoms with Gasteiger partial charge >= 0.3 is 0 Å². The zero-order chi connectivity index (χ0) is 22.7. The molecule has 11 heteroatoms. The van der Waals surface area contributed by atoms with Crippen molar-refractivity contribution in [3.63, 3.8) is 0 Å². The van der Waals surface area contributed by atoms with E-state index < -0.39 is 30.6 Å². The first-order valence-corrected chi connectivity index (χ1v) is 10.6. The summed E-state index contributed by atoms with van der Waals surface area (Å²) in [5.41, 5.74) is 7.79. The van der Waals surface area contributed by atoms with E-state index >= 15 is 0 Å². The molecule has 172 valence electrons. The molecule has 0 saturated carbocycles. The van der Waals surface area contributed by atoms with Crippen LogP contribution in [-0.4, -0.2) is 85.6 Å². The van der Waals surface area contributed by atoms with Gasteiger partial charge < -0.3 is 35.7 Å². The van der Waals surface area contributed by atoms with Gasteiger partial charge in [-0.1, -0.05) is 30.3 Å². The van der Waals surface area contributed by atoms with E-state index in [1.165, 1.54) is 6.33 Å². The van der Waals surface area contributed by atoms with Crippen LogP contribution in [0.4, 0.5) is 5.82 Å². The van der Waals surface area contributed by atoms with Crippen molar-refractivity contribution in [3.05, 3.63) is 36.7 Å². The summed E-state index contributed by atoms with van der Waals surface area (Å²) >= 11 is 0. The van der Waals surface area contributed by atoms with Crippen LogP contribution in [-0.2, 0) is 11.3 Å². The molecule has 0 radical (unpaired) electrons. The van der Waals surface area contributed by atoms with Crippen LogP contribution in [0, 0.1) is 0 Å². The number of imidazole rings is 1. The van der Waals surface area contributed by atoms with Gasteiger partial charge in [0.25, 0.3) is 0 Å². The lowest BCUT2D eigenvalue weighted by atomic mass is 10.1. The SMILES string of the molecule is CNCCCNC(O)[C@H]1O[C@@H](Cn2c(-c3ccccc3)nc3c(N)ncnc32)[C@H](O)[C@@H]1O. The van der Waals surface area contributed by atoms with Crippen LogP contribution in [0.1, 0.15) is 6.42 Å². The molecule has 3 aromatic rings. The molecule has 11 nitrogen and oxygen atoms in total. The first-order valence-electron chi connectivity index (χ1n) is 10.6. The molecule has 0 amide bonds. The Morgan fingerprint density at radius 3 is 2.69 bits per heavy atom. The molecule has 1 fully saturated rings. The van der Waals surface area contributed by atoms with Crippen LogP contribution in [0.3, 0.4) is 0 Å². The average Bonchev–Trinajstić information content (AvgIpc) is 3.31. The Balaban J connectivity index is 1.58. The molecular formula is C21H29N7O4. The number of anilines is 1. The summed E-state index contributed by atoms with van der Waals surface area (Å²) in [6.07, 6.45) is -3.18. The van der Waals surface area contributed by atoms with E-state index in [-0.39, 0.29) is 12.4 Å². The lowest BCUT2D eigenvalue weighted by Gasteiger charge is -2.22. The second-order valence-electron chi connectivity index (χ2n) is 7.82. The zero-order valence-corrected chi connectivity index (χ0v) is 17.8. The van der Waals surface area contributed by atoms with E-state index in [1.807, 2.05) is 37.4 Å². The Kier molecular flexibility index (Phi) is 6.94. The zero-order valence-electron chi connectivity index (χ0n) is 17.8. The summed E-state index contributed by atoms with van der Waals surface area (Å²) in [7, 11) is 1.85. The fraction of sp³-hybridized carbons (Fsp3) is 0.476. The number of nitrogens with one attached hydrogen (secondary N) is 2. The maximum Gasteiger partial charge on any atom is 0.166 e. The summed E-state index contributed by atoms with van der Waals surface area (Å²) in [6.45, 7) is 1.48. The highest BCUT2D eigenvalue weighted by molar-refractivity contribution is 5.85. The summed E-state index contributed by atoms with van der Waals surface area (Å²) in [4.78, 5) is 13.0.